The highest BCUT2D eigenvalue weighted by Crippen LogP contribution is 2.27. The molecule has 2 aliphatic heterocycles. The lowest BCUT2D eigenvalue weighted by atomic mass is 10.1. The lowest BCUT2D eigenvalue weighted by molar-refractivity contribution is -0.131. The van der Waals surface area contributed by atoms with Crippen molar-refractivity contribution < 1.29 is 24.2 Å². The molecule has 0 saturated carbocycles. The summed E-state index contributed by atoms with van der Waals surface area (Å²) < 4.78 is 7.17. The first kappa shape index (κ1) is 26.9. The van der Waals surface area contributed by atoms with E-state index in [2.05, 4.69) is 25.7 Å². The van der Waals surface area contributed by atoms with Gasteiger partial charge in [-0.25, -0.2) is 4.98 Å². The third-order valence-corrected chi connectivity index (χ3v) is 7.66. The summed E-state index contributed by atoms with van der Waals surface area (Å²) in [5.74, 6) is -1.07. The molecule has 3 aromatic heterocycles. The number of aromatic nitrogens is 4. The third-order valence-electron chi connectivity index (χ3n) is 6.77. The highest BCUT2D eigenvalue weighted by atomic mass is 32.1. The van der Waals surface area contributed by atoms with Crippen LogP contribution in [0, 0.1) is 0 Å². The average molecular weight is 554 g/mol. The fourth-order valence-corrected chi connectivity index (χ4v) is 5.48. The molecule has 5 heterocycles. The first-order chi connectivity index (χ1) is 19.0. The molecule has 5 rings (SSSR count). The van der Waals surface area contributed by atoms with Gasteiger partial charge in [-0.3, -0.25) is 24.0 Å². The van der Waals surface area contributed by atoms with Crippen LogP contribution in [-0.4, -0.2) is 86.9 Å². The average Bonchev–Trinajstić information content (AvgIpc) is 3.61. The van der Waals surface area contributed by atoms with Gasteiger partial charge in [0.05, 0.1) is 18.3 Å². The number of amides is 3. The van der Waals surface area contributed by atoms with Crippen molar-refractivity contribution in [2.24, 2.45) is 0 Å². The highest BCUT2D eigenvalue weighted by Gasteiger charge is 2.25. The zero-order valence-electron chi connectivity index (χ0n) is 21.5. The summed E-state index contributed by atoms with van der Waals surface area (Å²) in [6.07, 6.45) is 6.20. The van der Waals surface area contributed by atoms with Gasteiger partial charge in [-0.2, -0.15) is 5.10 Å². The number of pyridine rings is 1. The summed E-state index contributed by atoms with van der Waals surface area (Å²) in [7, 11) is 0. The minimum Gasteiger partial charge on any atom is -0.396 e. The number of fused-ring (bicyclic) bond motifs is 6. The first-order valence-corrected chi connectivity index (χ1v) is 14.0. The lowest BCUT2D eigenvalue weighted by Crippen LogP contribution is -2.39. The van der Waals surface area contributed by atoms with Gasteiger partial charge in [-0.05, 0) is 37.8 Å². The van der Waals surface area contributed by atoms with Crippen LogP contribution < -0.4 is 10.6 Å². The molecule has 4 bridgehead atoms. The normalized spacial score (nSPS) is 17.5. The minimum atomic E-state index is -0.454. The Hall–Kier alpha value is -3.68. The van der Waals surface area contributed by atoms with Crippen LogP contribution in [0.15, 0.2) is 29.9 Å². The number of aliphatic hydroxyl groups excluding tert-OH is 1. The van der Waals surface area contributed by atoms with E-state index < -0.39 is 11.8 Å². The van der Waals surface area contributed by atoms with E-state index in [9.17, 15) is 19.5 Å². The number of ether oxygens (including phenoxy) is 1. The topological polar surface area (TPSA) is 152 Å². The number of hydrogen-bond acceptors (Lipinski definition) is 9. The van der Waals surface area contributed by atoms with Crippen LogP contribution in [-0.2, 0) is 16.0 Å². The quantitative estimate of drug-likeness (QED) is 0.445. The van der Waals surface area contributed by atoms with Crippen LogP contribution in [0.3, 0.4) is 0 Å². The Morgan fingerprint density at radius 2 is 2.05 bits per heavy atom. The van der Waals surface area contributed by atoms with Crippen LogP contribution in [0.4, 0.5) is 5.69 Å². The molecule has 0 spiro atoms. The van der Waals surface area contributed by atoms with E-state index in [1.807, 2.05) is 12.1 Å². The molecule has 0 radical (unpaired) electrons. The molecule has 3 amide bonds. The predicted octanol–water partition coefficient (Wildman–Crippen LogP) is 1.89. The van der Waals surface area contributed by atoms with Crippen LogP contribution in [0.25, 0.3) is 10.6 Å². The lowest BCUT2D eigenvalue weighted by Gasteiger charge is -2.23. The summed E-state index contributed by atoms with van der Waals surface area (Å²) in [5, 5.41) is 21.8. The van der Waals surface area contributed by atoms with E-state index in [0.717, 1.165) is 24.1 Å². The number of rotatable bonds is 3. The van der Waals surface area contributed by atoms with Crippen molar-refractivity contribution in [3.63, 3.8) is 0 Å². The molecule has 13 heteroatoms. The van der Waals surface area contributed by atoms with Crippen molar-refractivity contribution in [3.8, 4) is 10.6 Å². The van der Waals surface area contributed by atoms with E-state index in [1.165, 1.54) is 11.3 Å². The van der Waals surface area contributed by atoms with Gasteiger partial charge in [0, 0.05) is 68.3 Å². The molecule has 1 fully saturated rings. The maximum Gasteiger partial charge on any atom is 0.275 e. The third kappa shape index (κ3) is 6.49. The Balaban J connectivity index is 1.46. The largest absolute Gasteiger partial charge is 0.396 e. The number of carbonyl (C=O) groups excluding carboxylic acids is 3. The zero-order chi connectivity index (χ0) is 27.2. The molecule has 206 valence electrons. The summed E-state index contributed by atoms with van der Waals surface area (Å²) in [5.41, 5.74) is 2.34. The SMILES string of the molecule is O=C1Nc2cn(C3CCOCC3)nc2C(=O)NCCN(C(=O)CCO)CCCc2cc(ccn2)-c2nc1cs2. The second-order valence-electron chi connectivity index (χ2n) is 9.46. The predicted molar refractivity (Wildman–Crippen MR) is 144 cm³/mol. The summed E-state index contributed by atoms with van der Waals surface area (Å²) >= 11 is 1.35. The summed E-state index contributed by atoms with van der Waals surface area (Å²) in [4.78, 5) is 49.6. The molecular weight excluding hydrogens is 522 g/mol. The molecule has 2 aliphatic rings. The molecule has 0 unspecified atom stereocenters. The number of anilines is 1. The Labute approximate surface area is 229 Å². The van der Waals surface area contributed by atoms with E-state index >= 15 is 0 Å². The Morgan fingerprint density at radius 3 is 2.87 bits per heavy atom. The molecule has 3 N–H and O–H groups in total. The fraction of sp³-hybridized carbons (Fsp3) is 0.462. The summed E-state index contributed by atoms with van der Waals surface area (Å²) in [6.45, 7) is 1.89. The second-order valence-corrected chi connectivity index (χ2v) is 10.3. The molecule has 1 saturated heterocycles. The standard InChI is InChI=1S/C26H31N7O5S/c34-11-4-22(35)32-9-1-2-18-14-17(3-7-27-18)26-30-21(16-39-26)24(36)29-20-15-33(19-5-12-38-13-6-19)31-23(20)25(37)28-8-10-32/h3,7,14-16,19,34H,1-2,4-6,8-13H2,(H,28,37)(H,29,36). The Kier molecular flexibility index (Phi) is 8.59. The zero-order valence-corrected chi connectivity index (χ0v) is 22.3. The molecule has 12 nitrogen and oxygen atoms in total. The highest BCUT2D eigenvalue weighted by molar-refractivity contribution is 7.13. The van der Waals surface area contributed by atoms with E-state index in [0.29, 0.717) is 43.3 Å². The van der Waals surface area contributed by atoms with E-state index in [4.69, 9.17) is 4.74 Å². The van der Waals surface area contributed by atoms with Gasteiger partial charge in [0.25, 0.3) is 11.8 Å². The molecular formula is C26H31N7O5S. The summed E-state index contributed by atoms with van der Waals surface area (Å²) in [6, 6.07) is 3.84. The Bertz CT molecular complexity index is 1330. The van der Waals surface area contributed by atoms with Gasteiger partial charge >= 0.3 is 0 Å². The van der Waals surface area contributed by atoms with Crippen molar-refractivity contribution >= 4 is 34.7 Å². The molecule has 3 aromatic rings. The van der Waals surface area contributed by atoms with Crippen molar-refractivity contribution in [2.75, 3.05) is 44.8 Å². The Morgan fingerprint density at radius 1 is 1.21 bits per heavy atom. The molecule has 39 heavy (non-hydrogen) atoms. The van der Waals surface area contributed by atoms with E-state index in [1.54, 1.807) is 27.4 Å². The first-order valence-electron chi connectivity index (χ1n) is 13.1. The van der Waals surface area contributed by atoms with Gasteiger partial charge in [-0.1, -0.05) is 0 Å². The molecule has 0 aliphatic carbocycles. The number of carbonyl (C=O) groups is 3. The smallest absolute Gasteiger partial charge is 0.275 e. The molecule has 0 aromatic carbocycles. The van der Waals surface area contributed by atoms with Gasteiger partial charge in [0.2, 0.25) is 5.91 Å². The molecule has 0 atom stereocenters. The van der Waals surface area contributed by atoms with Crippen LogP contribution in [0.5, 0.6) is 0 Å². The monoisotopic (exact) mass is 553 g/mol. The van der Waals surface area contributed by atoms with E-state index in [-0.39, 0.29) is 49.5 Å². The number of thiazole rings is 1. The van der Waals surface area contributed by atoms with Gasteiger partial charge in [0.1, 0.15) is 10.7 Å². The van der Waals surface area contributed by atoms with Crippen LogP contribution in [0.2, 0.25) is 0 Å². The van der Waals surface area contributed by atoms with Gasteiger partial charge in [0.15, 0.2) is 5.69 Å². The van der Waals surface area contributed by atoms with Crippen molar-refractivity contribution in [3.05, 3.63) is 47.0 Å². The maximum atomic E-state index is 13.2. The van der Waals surface area contributed by atoms with Crippen molar-refractivity contribution in [1.29, 1.82) is 0 Å². The van der Waals surface area contributed by atoms with Crippen LogP contribution in [0.1, 0.15) is 58.4 Å². The fourth-order valence-electron chi connectivity index (χ4n) is 4.69. The van der Waals surface area contributed by atoms with Gasteiger partial charge in [-0.15, -0.1) is 11.3 Å². The van der Waals surface area contributed by atoms with Crippen molar-refractivity contribution in [2.45, 2.75) is 38.1 Å². The number of nitrogens with zero attached hydrogens (tertiary/aromatic N) is 5. The maximum absolute atomic E-state index is 13.2. The number of aryl methyl sites for hydroxylation is 1. The number of aliphatic hydroxyl groups is 1. The van der Waals surface area contributed by atoms with Crippen LogP contribution >= 0.6 is 11.3 Å². The second kappa shape index (κ2) is 12.5. The van der Waals surface area contributed by atoms with Crippen molar-refractivity contribution in [1.82, 2.24) is 30.0 Å². The van der Waals surface area contributed by atoms with Gasteiger partial charge < -0.3 is 25.4 Å². The minimum absolute atomic E-state index is 0.0136. The number of hydrogen-bond donors (Lipinski definition) is 3. The number of nitrogens with one attached hydrogen (secondary N) is 2.